The molecule has 2 saturated carbocycles. The molecule has 2 aliphatic heterocycles. The van der Waals surface area contributed by atoms with Crippen LogP contribution in [0.25, 0.3) is 10.8 Å². The number of thiophene rings is 1. The van der Waals surface area contributed by atoms with Crippen molar-refractivity contribution in [1.29, 1.82) is 0 Å². The van der Waals surface area contributed by atoms with Gasteiger partial charge in [-0.25, -0.2) is 0 Å². The van der Waals surface area contributed by atoms with Gasteiger partial charge in [0.15, 0.2) is 0 Å². The molecule has 230 valence electrons. The number of halogens is 1. The lowest BCUT2D eigenvalue weighted by atomic mass is 9.69. The van der Waals surface area contributed by atoms with Gasteiger partial charge in [-0.1, -0.05) is 59.3 Å². The van der Waals surface area contributed by atoms with Gasteiger partial charge in [0.1, 0.15) is 6.54 Å². The normalized spacial score (nSPS) is 27.6. The minimum Gasteiger partial charge on any atom is -0.325 e. The van der Waals surface area contributed by atoms with Crippen LogP contribution < -0.4 is 15.1 Å². The molecule has 0 spiro atoms. The van der Waals surface area contributed by atoms with E-state index in [2.05, 4.69) is 11.4 Å². The maximum absolute atomic E-state index is 14.0. The number of hydrogen-bond donors (Lipinski definition) is 1. The first kappa shape index (κ1) is 28.5. The number of amides is 3. The maximum Gasteiger partial charge on any atom is 0.308 e. The summed E-state index contributed by atoms with van der Waals surface area (Å²) in [6.07, 6.45) is 0.813. The lowest BCUT2D eigenvalue weighted by Gasteiger charge is -2.42. The molecule has 2 aliphatic carbocycles. The first-order valence-electron chi connectivity index (χ1n) is 15.2. The Labute approximate surface area is 281 Å². The van der Waals surface area contributed by atoms with E-state index in [-0.39, 0.29) is 69.9 Å². The summed E-state index contributed by atoms with van der Waals surface area (Å²) in [6.45, 7) is -0.0963. The predicted molar refractivity (Wildman–Crippen MR) is 183 cm³/mol. The molecule has 3 aromatic carbocycles. The summed E-state index contributed by atoms with van der Waals surface area (Å²) in [5.74, 6) is -1.20. The number of aromatic nitrogens is 1. The molecule has 5 aromatic rings. The fourth-order valence-corrected chi connectivity index (χ4v) is 12.7. The minimum absolute atomic E-state index is 0.00393. The molecule has 7 atom stereocenters. The molecule has 1 N–H and O–H groups in total. The fraction of sp³-hybridized carbons (Fsp3) is 0.257. The zero-order valence-electron chi connectivity index (χ0n) is 24.2. The topological polar surface area (TPSA) is 88.5 Å². The van der Waals surface area contributed by atoms with E-state index in [4.69, 9.17) is 11.6 Å². The van der Waals surface area contributed by atoms with Gasteiger partial charge in [0.05, 0.1) is 22.5 Å². The molecule has 46 heavy (non-hydrogen) atoms. The van der Waals surface area contributed by atoms with E-state index in [0.29, 0.717) is 16.4 Å². The van der Waals surface area contributed by atoms with Crippen LogP contribution in [0.5, 0.6) is 0 Å². The van der Waals surface area contributed by atoms with Crippen LogP contribution in [0.2, 0.25) is 5.02 Å². The smallest absolute Gasteiger partial charge is 0.308 e. The quantitative estimate of drug-likeness (QED) is 0.200. The highest BCUT2D eigenvalue weighted by Gasteiger charge is 2.70. The Morgan fingerprint density at radius 2 is 1.65 bits per heavy atom. The number of carbonyl (C=O) groups is 3. The van der Waals surface area contributed by atoms with Crippen molar-refractivity contribution in [3.63, 3.8) is 0 Å². The summed E-state index contributed by atoms with van der Waals surface area (Å²) in [7, 11) is 0. The Morgan fingerprint density at radius 1 is 0.891 bits per heavy atom. The van der Waals surface area contributed by atoms with Crippen LogP contribution in [-0.2, 0) is 20.9 Å². The second-order valence-corrected chi connectivity index (χ2v) is 16.1. The van der Waals surface area contributed by atoms with E-state index in [1.165, 1.54) is 16.2 Å². The summed E-state index contributed by atoms with van der Waals surface area (Å²) in [6, 6.07) is 24.7. The Kier molecular flexibility index (Phi) is 6.61. The van der Waals surface area contributed by atoms with Crippen LogP contribution >= 0.6 is 46.0 Å². The molecule has 1 saturated heterocycles. The van der Waals surface area contributed by atoms with Crippen molar-refractivity contribution in [2.24, 2.45) is 29.6 Å². The third kappa shape index (κ3) is 4.23. The molecule has 4 heterocycles. The number of imide groups is 1. The molecule has 0 radical (unpaired) electrons. The number of nitrogens with zero attached hydrogens (tertiary/aromatic N) is 2. The van der Waals surface area contributed by atoms with E-state index in [1.54, 1.807) is 51.9 Å². The molecule has 7 nitrogen and oxygen atoms in total. The Morgan fingerprint density at radius 3 is 2.41 bits per heavy atom. The number of anilines is 2. The first-order valence-corrected chi connectivity index (χ1v) is 18.2. The fourth-order valence-electron chi connectivity index (χ4n) is 8.50. The van der Waals surface area contributed by atoms with Gasteiger partial charge in [0.2, 0.25) is 17.7 Å². The molecule has 4 aliphatic rings. The summed E-state index contributed by atoms with van der Waals surface area (Å²) in [4.78, 5) is 58.2. The summed E-state index contributed by atoms with van der Waals surface area (Å²) in [5, 5.41) is 8.56. The predicted octanol–water partition coefficient (Wildman–Crippen LogP) is 7.09. The average Bonchev–Trinajstić information content (AvgIpc) is 3.87. The number of rotatable bonds is 5. The van der Waals surface area contributed by atoms with Crippen LogP contribution in [0.15, 0.2) is 94.1 Å². The molecule has 2 aromatic heterocycles. The summed E-state index contributed by atoms with van der Waals surface area (Å²) in [5.41, 5.74) is 1.24. The van der Waals surface area contributed by atoms with Gasteiger partial charge in [-0.2, -0.15) is 0 Å². The standard InChI is InChI=1S/C35H26ClN3O4S3/c36-19-8-11-21(12-9-19)39-32(41)27-22-15-23(28(27)33(39)42)30-26(22)29(24-6-3-13-44-24)31-34(45-30)38(35(43)46-31)16-25(40)37-20-10-7-17-4-1-2-5-18(17)14-20/h1-14,22-23,26-30H,15-16H2,(H,37,40). The van der Waals surface area contributed by atoms with Crippen LogP contribution in [0.3, 0.4) is 0 Å². The first-order chi connectivity index (χ1) is 22.4. The van der Waals surface area contributed by atoms with E-state index >= 15 is 0 Å². The Bertz CT molecular complexity index is 2120. The van der Waals surface area contributed by atoms with Gasteiger partial charge in [0, 0.05) is 31.6 Å². The SMILES string of the molecule is O=C(Cn1c2c(sc1=O)C(c1cccs1)C1C3CC(C1S2)C1C(=O)N(c2ccc(Cl)cc2)C(=O)C31)Nc1ccc2ccccc2c1. The second-order valence-electron chi connectivity index (χ2n) is 12.5. The highest BCUT2D eigenvalue weighted by Crippen LogP contribution is 2.69. The Balaban J connectivity index is 1.06. The number of thioether (sulfide) groups is 1. The van der Waals surface area contributed by atoms with Crippen molar-refractivity contribution in [3.05, 3.63) is 109 Å². The van der Waals surface area contributed by atoms with Crippen molar-refractivity contribution in [1.82, 2.24) is 4.57 Å². The van der Waals surface area contributed by atoms with E-state index in [9.17, 15) is 19.2 Å². The number of hydrogen-bond acceptors (Lipinski definition) is 7. The third-order valence-corrected chi connectivity index (χ3v) is 14.2. The second kappa shape index (κ2) is 10.7. The van der Waals surface area contributed by atoms with E-state index in [0.717, 1.165) is 32.0 Å². The van der Waals surface area contributed by atoms with Crippen LogP contribution in [-0.4, -0.2) is 27.5 Å². The highest BCUT2D eigenvalue weighted by atomic mass is 35.5. The monoisotopic (exact) mass is 683 g/mol. The molecule has 2 bridgehead atoms. The molecular formula is C35H26ClN3O4S3. The third-order valence-electron chi connectivity index (χ3n) is 10.2. The maximum atomic E-state index is 14.0. The van der Waals surface area contributed by atoms with Gasteiger partial charge in [0.25, 0.3) is 0 Å². The Hall–Kier alpha value is -3.70. The van der Waals surface area contributed by atoms with Crippen LogP contribution in [0.1, 0.15) is 22.1 Å². The number of benzene rings is 3. The molecule has 3 fully saturated rings. The summed E-state index contributed by atoms with van der Waals surface area (Å²) >= 11 is 10.6. The lowest BCUT2D eigenvalue weighted by molar-refractivity contribution is -0.123. The molecular weight excluding hydrogens is 658 g/mol. The van der Waals surface area contributed by atoms with Gasteiger partial charge >= 0.3 is 4.87 Å². The van der Waals surface area contributed by atoms with Crippen molar-refractivity contribution in [2.75, 3.05) is 10.2 Å². The van der Waals surface area contributed by atoms with Gasteiger partial charge in [-0.3, -0.25) is 28.6 Å². The number of thiazole rings is 1. The molecule has 9 rings (SSSR count). The van der Waals surface area contributed by atoms with Gasteiger partial charge in [-0.05, 0) is 82.8 Å². The zero-order valence-corrected chi connectivity index (χ0v) is 27.4. The number of carbonyl (C=O) groups excluding carboxylic acids is 3. The van der Waals surface area contributed by atoms with Gasteiger partial charge in [-0.15, -0.1) is 23.1 Å². The molecule has 7 unspecified atom stereocenters. The van der Waals surface area contributed by atoms with Gasteiger partial charge < -0.3 is 5.32 Å². The highest BCUT2D eigenvalue weighted by molar-refractivity contribution is 8.00. The zero-order chi connectivity index (χ0) is 31.3. The van der Waals surface area contributed by atoms with E-state index in [1.807, 2.05) is 53.9 Å². The molecule has 11 heteroatoms. The van der Waals surface area contributed by atoms with E-state index < -0.39 is 0 Å². The lowest BCUT2D eigenvalue weighted by Crippen LogP contribution is -2.43. The van der Waals surface area contributed by atoms with Crippen LogP contribution in [0.4, 0.5) is 11.4 Å². The van der Waals surface area contributed by atoms with Crippen molar-refractivity contribution >= 4 is 85.9 Å². The van der Waals surface area contributed by atoms with Crippen molar-refractivity contribution in [3.8, 4) is 0 Å². The molecule has 3 amide bonds. The van der Waals surface area contributed by atoms with Crippen molar-refractivity contribution in [2.45, 2.75) is 29.2 Å². The van der Waals surface area contributed by atoms with Crippen molar-refractivity contribution < 1.29 is 14.4 Å². The largest absolute Gasteiger partial charge is 0.325 e. The van der Waals surface area contributed by atoms with Crippen LogP contribution in [0, 0.1) is 29.6 Å². The number of nitrogens with one attached hydrogen (secondary N) is 1. The average molecular weight is 684 g/mol. The number of fused-ring (bicyclic) bond motifs is 10. The minimum atomic E-state index is -0.387. The summed E-state index contributed by atoms with van der Waals surface area (Å²) < 4.78 is 1.61.